The number of carbonyl (C=O) groups is 3. The number of para-hydroxylation sites is 1. The third kappa shape index (κ3) is 5.05. The summed E-state index contributed by atoms with van der Waals surface area (Å²) in [4.78, 5) is 48.9. The Kier molecular flexibility index (Phi) is 8.31. The highest BCUT2D eigenvalue weighted by molar-refractivity contribution is 6.34. The zero-order valence-electron chi connectivity index (χ0n) is 26.1. The lowest BCUT2D eigenvalue weighted by molar-refractivity contribution is -0.148. The number of hydrogen-bond acceptors (Lipinski definition) is 6. The van der Waals surface area contributed by atoms with Gasteiger partial charge in [-0.15, -0.1) is 0 Å². The minimum atomic E-state index is -1.45. The Bertz CT molecular complexity index is 1540. The molecular formula is C35H40ClN3O6. The first-order chi connectivity index (χ1) is 21.6. The fourth-order valence-corrected chi connectivity index (χ4v) is 7.92. The quantitative estimate of drug-likeness (QED) is 0.426. The molecule has 4 aliphatic heterocycles. The van der Waals surface area contributed by atoms with Gasteiger partial charge in [0, 0.05) is 18.8 Å². The molecule has 2 aromatic rings. The molecule has 238 valence electrons. The van der Waals surface area contributed by atoms with Gasteiger partial charge >= 0.3 is 0 Å². The van der Waals surface area contributed by atoms with E-state index in [4.69, 9.17) is 21.1 Å². The van der Waals surface area contributed by atoms with Crippen molar-refractivity contribution in [2.75, 3.05) is 36.1 Å². The minimum Gasteiger partial charge on any atom is -0.494 e. The lowest BCUT2D eigenvalue weighted by Gasteiger charge is -2.40. The lowest BCUT2D eigenvalue weighted by atomic mass is 9.74. The Hall–Kier alpha value is -3.66. The van der Waals surface area contributed by atoms with Crippen molar-refractivity contribution in [1.29, 1.82) is 0 Å². The Morgan fingerprint density at radius 3 is 2.31 bits per heavy atom. The largest absolute Gasteiger partial charge is 0.494 e. The van der Waals surface area contributed by atoms with Crippen LogP contribution in [0.15, 0.2) is 72.8 Å². The summed E-state index contributed by atoms with van der Waals surface area (Å²) in [7, 11) is 0. The van der Waals surface area contributed by atoms with Crippen molar-refractivity contribution in [3.63, 3.8) is 0 Å². The number of halogens is 1. The molecule has 6 rings (SSSR count). The summed E-state index contributed by atoms with van der Waals surface area (Å²) >= 11 is 6.58. The number of rotatable bonds is 8. The molecule has 4 heterocycles. The van der Waals surface area contributed by atoms with Crippen LogP contribution in [0.1, 0.15) is 34.1 Å². The van der Waals surface area contributed by atoms with Gasteiger partial charge in [-0.2, -0.15) is 0 Å². The average molecular weight is 634 g/mol. The van der Waals surface area contributed by atoms with Crippen LogP contribution in [0.25, 0.3) is 0 Å². The number of fused-ring (bicyclic) bond motifs is 2. The zero-order valence-corrected chi connectivity index (χ0v) is 26.8. The number of aliphatic hydroxyl groups is 1. The van der Waals surface area contributed by atoms with Gasteiger partial charge < -0.3 is 29.3 Å². The summed E-state index contributed by atoms with van der Waals surface area (Å²) in [6, 6.07) is 12.6. The van der Waals surface area contributed by atoms with E-state index >= 15 is 0 Å². The molecule has 1 unspecified atom stereocenters. The van der Waals surface area contributed by atoms with E-state index in [1.807, 2.05) is 70.2 Å². The van der Waals surface area contributed by atoms with Gasteiger partial charge in [-0.1, -0.05) is 61.9 Å². The second-order valence-corrected chi connectivity index (χ2v) is 13.2. The summed E-state index contributed by atoms with van der Waals surface area (Å²) in [5.41, 5.74) is -1.43. The van der Waals surface area contributed by atoms with Crippen molar-refractivity contribution in [2.45, 2.75) is 57.4 Å². The Morgan fingerprint density at radius 1 is 0.956 bits per heavy atom. The molecule has 45 heavy (non-hydrogen) atoms. The first-order valence-electron chi connectivity index (χ1n) is 15.6. The average Bonchev–Trinajstić information content (AvgIpc) is 3.28. The fraction of sp³-hybridized carbons (Fsp3) is 0.457. The zero-order chi connectivity index (χ0) is 32.1. The van der Waals surface area contributed by atoms with Gasteiger partial charge in [0.05, 0.1) is 47.4 Å². The van der Waals surface area contributed by atoms with Crippen molar-refractivity contribution in [1.82, 2.24) is 4.90 Å². The number of amides is 3. The topological polar surface area (TPSA) is 99.6 Å². The van der Waals surface area contributed by atoms with E-state index in [0.717, 1.165) is 0 Å². The molecular weight excluding hydrogens is 594 g/mol. The van der Waals surface area contributed by atoms with Gasteiger partial charge in [0.15, 0.2) is 0 Å². The van der Waals surface area contributed by atoms with Crippen LogP contribution in [-0.2, 0) is 19.1 Å². The van der Waals surface area contributed by atoms with Gasteiger partial charge in [0.25, 0.3) is 5.91 Å². The van der Waals surface area contributed by atoms with E-state index in [0.29, 0.717) is 41.7 Å². The Morgan fingerprint density at radius 2 is 1.64 bits per heavy atom. The van der Waals surface area contributed by atoms with Gasteiger partial charge in [-0.05, 0) is 62.6 Å². The van der Waals surface area contributed by atoms with Crippen LogP contribution in [0.3, 0.4) is 0 Å². The van der Waals surface area contributed by atoms with Crippen molar-refractivity contribution in [2.24, 2.45) is 17.8 Å². The van der Waals surface area contributed by atoms with Crippen LogP contribution in [0.4, 0.5) is 11.4 Å². The summed E-state index contributed by atoms with van der Waals surface area (Å²) in [6.07, 6.45) is 7.85. The van der Waals surface area contributed by atoms with Crippen molar-refractivity contribution in [3.05, 3.63) is 77.9 Å². The summed E-state index contributed by atoms with van der Waals surface area (Å²) in [6.45, 7) is 8.44. The lowest BCUT2D eigenvalue weighted by Crippen LogP contribution is -2.59. The maximum absolute atomic E-state index is 14.8. The predicted molar refractivity (Wildman–Crippen MR) is 172 cm³/mol. The van der Waals surface area contributed by atoms with Gasteiger partial charge in [0.2, 0.25) is 11.8 Å². The van der Waals surface area contributed by atoms with Crippen LogP contribution in [0, 0.1) is 17.8 Å². The van der Waals surface area contributed by atoms with Crippen molar-refractivity contribution >= 4 is 40.7 Å². The molecule has 10 heteroatoms. The first-order valence-corrected chi connectivity index (χ1v) is 16.0. The summed E-state index contributed by atoms with van der Waals surface area (Å²) < 4.78 is 12.5. The van der Waals surface area contributed by atoms with E-state index < -0.39 is 35.1 Å². The van der Waals surface area contributed by atoms with Gasteiger partial charge in [0.1, 0.15) is 17.4 Å². The van der Waals surface area contributed by atoms with Crippen LogP contribution in [0.5, 0.6) is 5.75 Å². The number of carbonyl (C=O) groups excluding carboxylic acids is 3. The summed E-state index contributed by atoms with van der Waals surface area (Å²) in [5, 5.41) is 11.0. The number of aliphatic hydroxyl groups excluding tert-OH is 1. The number of anilines is 2. The molecule has 3 amide bonds. The molecule has 2 saturated heterocycles. The minimum absolute atomic E-state index is 0.131. The van der Waals surface area contributed by atoms with E-state index in [1.165, 1.54) is 4.90 Å². The predicted octanol–water partition coefficient (Wildman–Crippen LogP) is 4.62. The maximum atomic E-state index is 14.8. The van der Waals surface area contributed by atoms with E-state index in [2.05, 4.69) is 0 Å². The molecule has 1 spiro atoms. The number of hydrogen-bond donors (Lipinski definition) is 1. The van der Waals surface area contributed by atoms with Gasteiger partial charge in [-0.3, -0.25) is 14.4 Å². The third-order valence-corrected chi connectivity index (χ3v) is 9.76. The van der Waals surface area contributed by atoms with Crippen LogP contribution in [0.2, 0.25) is 5.02 Å². The number of benzene rings is 2. The molecule has 0 radical (unpaired) electrons. The molecule has 0 saturated carbocycles. The van der Waals surface area contributed by atoms with Crippen LogP contribution >= 0.6 is 11.6 Å². The molecule has 2 fully saturated rings. The first kappa shape index (κ1) is 31.3. The normalized spacial score (nSPS) is 29.9. The Balaban J connectivity index is 1.47. The standard InChI is InChI=1S/C35H40ClN3O6/c1-5-44-25-14-12-23(13-15-25)37-18-8-16-34(4)28(31(37)41)29-32(42)39(24(21-40)20-22(2)3)30-33(43)38(19-9-17-35(29,30)45-34)27-11-7-6-10-26(27)36/h6-17,22,24,28-30,40H,5,18-21H2,1-4H3/t24-,28-,29+,30?,34+,35+/m1/s1. The molecule has 0 aromatic heterocycles. The van der Waals surface area contributed by atoms with Gasteiger partial charge in [-0.25, -0.2) is 0 Å². The number of ether oxygens (including phenoxy) is 2. The van der Waals surface area contributed by atoms with Crippen molar-refractivity contribution in [3.8, 4) is 5.75 Å². The Labute approximate surface area is 269 Å². The second-order valence-electron chi connectivity index (χ2n) is 12.8. The molecule has 2 aromatic carbocycles. The van der Waals surface area contributed by atoms with E-state index in [9.17, 15) is 19.5 Å². The number of likely N-dealkylation sites (tertiary alicyclic amines) is 1. The molecule has 0 bridgehead atoms. The van der Waals surface area contributed by atoms with Crippen molar-refractivity contribution < 1.29 is 29.0 Å². The molecule has 4 aliphatic rings. The highest BCUT2D eigenvalue weighted by atomic mass is 35.5. The van der Waals surface area contributed by atoms with Crippen LogP contribution < -0.4 is 14.5 Å². The molecule has 0 aliphatic carbocycles. The molecule has 6 atom stereocenters. The fourth-order valence-electron chi connectivity index (χ4n) is 7.68. The maximum Gasteiger partial charge on any atom is 0.253 e. The monoisotopic (exact) mass is 633 g/mol. The summed E-state index contributed by atoms with van der Waals surface area (Å²) in [5.74, 6) is -2.10. The van der Waals surface area contributed by atoms with E-state index in [1.54, 1.807) is 40.1 Å². The van der Waals surface area contributed by atoms with E-state index in [-0.39, 0.29) is 36.8 Å². The van der Waals surface area contributed by atoms with Crippen LogP contribution in [-0.4, -0.2) is 77.3 Å². The third-order valence-electron chi connectivity index (χ3n) is 9.45. The number of nitrogens with zero attached hydrogens (tertiary/aromatic N) is 3. The smallest absolute Gasteiger partial charge is 0.253 e. The SMILES string of the molecule is CCOc1ccc(N2CC=C[C@]3(C)O[C@]45C=CCN(c6ccccc6Cl)C(=O)C4N([C@@H](CO)CC(C)C)C(=O)[C@@H]5[C@@H]3C2=O)cc1. The second kappa shape index (κ2) is 11.9. The molecule has 9 nitrogen and oxygen atoms in total. The molecule has 1 N–H and O–H groups in total. The highest BCUT2D eigenvalue weighted by Crippen LogP contribution is 2.58. The highest BCUT2D eigenvalue weighted by Gasteiger charge is 2.75.